The number of anilines is 1. The van der Waals surface area contributed by atoms with Crippen LogP contribution < -0.4 is 5.32 Å². The number of likely N-dealkylation sites (N-methyl/N-ethyl adjacent to an activating group) is 1. The lowest BCUT2D eigenvalue weighted by Gasteiger charge is -2.35. The second-order valence-corrected chi connectivity index (χ2v) is 5.49. The highest BCUT2D eigenvalue weighted by atomic mass is 16.5. The molecule has 5 heteroatoms. The molecule has 1 aromatic rings. The fourth-order valence-electron chi connectivity index (χ4n) is 2.28. The third-order valence-corrected chi connectivity index (χ3v) is 3.60. The zero-order chi connectivity index (χ0) is 14.6. The molecule has 0 bridgehead atoms. The highest BCUT2D eigenvalue weighted by molar-refractivity contribution is 5.89. The Labute approximate surface area is 119 Å². The number of aryl methyl sites for hydroxylation is 1. The summed E-state index contributed by atoms with van der Waals surface area (Å²) in [5.41, 5.74) is 1.07. The van der Waals surface area contributed by atoms with Crippen LogP contribution in [0.5, 0.6) is 0 Å². The maximum Gasteiger partial charge on any atom is 0.321 e. The Bertz CT molecular complexity index is 453. The van der Waals surface area contributed by atoms with Gasteiger partial charge in [-0.3, -0.25) is 0 Å². The molecule has 1 aromatic carbocycles. The molecule has 0 aliphatic carbocycles. The van der Waals surface area contributed by atoms with Crippen molar-refractivity contribution in [3.63, 3.8) is 0 Å². The number of nitrogens with zero attached hydrogens (tertiary/aromatic N) is 1. The van der Waals surface area contributed by atoms with Crippen LogP contribution in [0.2, 0.25) is 0 Å². The number of urea groups is 1. The normalized spacial score (nSPS) is 17.6. The molecule has 0 atom stereocenters. The quantitative estimate of drug-likeness (QED) is 0.889. The predicted octanol–water partition coefficient (Wildman–Crippen LogP) is 2.00. The standard InChI is InChI=1S/C15H22N2O3/c1-12-3-5-13(6-4-12)16-14(18)17(2)11-15(19)7-9-20-10-8-15/h3-6,19H,7-11H2,1-2H3,(H,16,18). The molecule has 0 saturated carbocycles. The second kappa shape index (κ2) is 6.24. The first-order valence-corrected chi connectivity index (χ1v) is 6.87. The molecule has 1 heterocycles. The Morgan fingerprint density at radius 3 is 2.55 bits per heavy atom. The van der Waals surface area contributed by atoms with Gasteiger partial charge in [-0.2, -0.15) is 0 Å². The summed E-state index contributed by atoms with van der Waals surface area (Å²) < 4.78 is 5.23. The molecule has 1 fully saturated rings. The first-order chi connectivity index (χ1) is 9.48. The van der Waals surface area contributed by atoms with Gasteiger partial charge in [0.05, 0.1) is 12.1 Å². The monoisotopic (exact) mass is 278 g/mol. The van der Waals surface area contributed by atoms with Crippen molar-refractivity contribution in [2.45, 2.75) is 25.4 Å². The lowest BCUT2D eigenvalue weighted by Crippen LogP contribution is -2.48. The second-order valence-electron chi connectivity index (χ2n) is 5.49. The van der Waals surface area contributed by atoms with Gasteiger partial charge in [0, 0.05) is 38.8 Å². The van der Waals surface area contributed by atoms with Gasteiger partial charge in [-0.1, -0.05) is 17.7 Å². The Morgan fingerprint density at radius 2 is 1.95 bits per heavy atom. The van der Waals surface area contributed by atoms with E-state index in [1.807, 2.05) is 31.2 Å². The summed E-state index contributed by atoms with van der Waals surface area (Å²) in [5, 5.41) is 13.2. The van der Waals surface area contributed by atoms with Crippen molar-refractivity contribution in [3.8, 4) is 0 Å². The number of amides is 2. The minimum absolute atomic E-state index is 0.214. The van der Waals surface area contributed by atoms with Crippen LogP contribution in [-0.4, -0.2) is 48.4 Å². The lowest BCUT2D eigenvalue weighted by atomic mass is 9.94. The Hall–Kier alpha value is -1.59. The Balaban J connectivity index is 1.89. The molecule has 0 aromatic heterocycles. The number of benzene rings is 1. The number of hydrogen-bond acceptors (Lipinski definition) is 3. The number of ether oxygens (including phenoxy) is 1. The summed E-state index contributed by atoms with van der Waals surface area (Å²) >= 11 is 0. The molecular formula is C15H22N2O3. The van der Waals surface area contributed by atoms with E-state index in [1.165, 1.54) is 4.90 Å². The number of nitrogens with one attached hydrogen (secondary N) is 1. The molecule has 2 amide bonds. The van der Waals surface area contributed by atoms with Crippen molar-refractivity contribution in [3.05, 3.63) is 29.8 Å². The third kappa shape index (κ3) is 3.95. The van der Waals surface area contributed by atoms with Crippen LogP contribution in [0.25, 0.3) is 0 Å². The van der Waals surface area contributed by atoms with E-state index in [0.29, 0.717) is 32.6 Å². The molecule has 0 unspecified atom stereocenters. The van der Waals surface area contributed by atoms with Gasteiger partial charge in [0.15, 0.2) is 0 Å². The summed E-state index contributed by atoms with van der Waals surface area (Å²) in [5.74, 6) is 0. The maximum absolute atomic E-state index is 12.1. The van der Waals surface area contributed by atoms with Crippen molar-refractivity contribution in [1.29, 1.82) is 0 Å². The van der Waals surface area contributed by atoms with Crippen LogP contribution in [-0.2, 0) is 4.74 Å². The van der Waals surface area contributed by atoms with Gasteiger partial charge in [0.1, 0.15) is 0 Å². The molecule has 0 spiro atoms. The average molecular weight is 278 g/mol. The van der Waals surface area contributed by atoms with Crippen molar-refractivity contribution >= 4 is 11.7 Å². The van der Waals surface area contributed by atoms with E-state index in [2.05, 4.69) is 5.32 Å². The van der Waals surface area contributed by atoms with Gasteiger partial charge in [0.25, 0.3) is 0 Å². The van der Waals surface area contributed by atoms with E-state index in [4.69, 9.17) is 4.74 Å². The lowest BCUT2D eigenvalue weighted by molar-refractivity contribution is -0.0717. The Kier molecular flexibility index (Phi) is 4.62. The minimum Gasteiger partial charge on any atom is -0.388 e. The Morgan fingerprint density at radius 1 is 1.35 bits per heavy atom. The van der Waals surface area contributed by atoms with Gasteiger partial charge >= 0.3 is 6.03 Å². The predicted molar refractivity (Wildman–Crippen MR) is 77.8 cm³/mol. The minimum atomic E-state index is -0.836. The van der Waals surface area contributed by atoms with Crippen molar-refractivity contribution in [2.24, 2.45) is 0 Å². The number of carbonyl (C=O) groups excluding carboxylic acids is 1. The van der Waals surface area contributed by atoms with Gasteiger partial charge in [-0.25, -0.2) is 4.79 Å². The molecule has 1 aliphatic heterocycles. The molecule has 20 heavy (non-hydrogen) atoms. The summed E-state index contributed by atoms with van der Waals surface area (Å²) in [7, 11) is 1.69. The SMILES string of the molecule is Cc1ccc(NC(=O)N(C)CC2(O)CCOCC2)cc1. The maximum atomic E-state index is 12.1. The highest BCUT2D eigenvalue weighted by Crippen LogP contribution is 2.21. The van der Waals surface area contributed by atoms with Gasteiger partial charge in [0.2, 0.25) is 0 Å². The largest absolute Gasteiger partial charge is 0.388 e. The third-order valence-electron chi connectivity index (χ3n) is 3.60. The number of hydrogen-bond donors (Lipinski definition) is 2. The molecular weight excluding hydrogens is 256 g/mol. The van der Waals surface area contributed by atoms with Crippen molar-refractivity contribution in [1.82, 2.24) is 4.90 Å². The average Bonchev–Trinajstić information content (AvgIpc) is 2.41. The van der Waals surface area contributed by atoms with Crippen LogP contribution in [0.3, 0.4) is 0 Å². The molecule has 2 rings (SSSR count). The van der Waals surface area contributed by atoms with Crippen molar-refractivity contribution in [2.75, 3.05) is 32.1 Å². The van der Waals surface area contributed by atoms with E-state index >= 15 is 0 Å². The first-order valence-electron chi connectivity index (χ1n) is 6.87. The fraction of sp³-hybridized carbons (Fsp3) is 0.533. The smallest absolute Gasteiger partial charge is 0.321 e. The summed E-state index contributed by atoms with van der Waals surface area (Å²) in [6.45, 7) is 3.40. The number of rotatable bonds is 3. The molecule has 2 N–H and O–H groups in total. The number of aliphatic hydroxyl groups is 1. The van der Waals surface area contributed by atoms with E-state index in [1.54, 1.807) is 7.05 Å². The van der Waals surface area contributed by atoms with Gasteiger partial charge in [-0.05, 0) is 19.1 Å². The molecule has 110 valence electrons. The van der Waals surface area contributed by atoms with E-state index in [9.17, 15) is 9.90 Å². The van der Waals surface area contributed by atoms with Gasteiger partial charge < -0.3 is 20.1 Å². The highest BCUT2D eigenvalue weighted by Gasteiger charge is 2.32. The summed E-state index contributed by atoms with van der Waals surface area (Å²) in [6.07, 6.45) is 1.13. The fourth-order valence-corrected chi connectivity index (χ4v) is 2.28. The van der Waals surface area contributed by atoms with E-state index in [0.717, 1.165) is 11.3 Å². The zero-order valence-corrected chi connectivity index (χ0v) is 12.1. The van der Waals surface area contributed by atoms with Crippen LogP contribution in [0.15, 0.2) is 24.3 Å². The first kappa shape index (κ1) is 14.8. The number of carbonyl (C=O) groups is 1. The van der Waals surface area contributed by atoms with E-state index < -0.39 is 5.60 Å². The van der Waals surface area contributed by atoms with Crippen LogP contribution in [0.1, 0.15) is 18.4 Å². The van der Waals surface area contributed by atoms with Crippen LogP contribution in [0.4, 0.5) is 10.5 Å². The van der Waals surface area contributed by atoms with Gasteiger partial charge in [-0.15, -0.1) is 0 Å². The van der Waals surface area contributed by atoms with E-state index in [-0.39, 0.29) is 6.03 Å². The van der Waals surface area contributed by atoms with Crippen molar-refractivity contribution < 1.29 is 14.6 Å². The molecule has 5 nitrogen and oxygen atoms in total. The topological polar surface area (TPSA) is 61.8 Å². The van der Waals surface area contributed by atoms with Crippen LogP contribution in [0, 0.1) is 6.92 Å². The molecule has 0 radical (unpaired) electrons. The van der Waals surface area contributed by atoms with Crippen LogP contribution >= 0.6 is 0 Å². The summed E-state index contributed by atoms with van der Waals surface area (Å²) in [6, 6.07) is 7.41. The molecule has 1 aliphatic rings. The summed E-state index contributed by atoms with van der Waals surface area (Å²) in [4.78, 5) is 13.6. The zero-order valence-electron chi connectivity index (χ0n) is 12.1. The molecule has 1 saturated heterocycles.